The lowest BCUT2D eigenvalue weighted by atomic mass is 9.49. The van der Waals surface area contributed by atoms with Crippen LogP contribution in [0.1, 0.15) is 24.0 Å². The van der Waals surface area contributed by atoms with E-state index in [-0.39, 0.29) is 11.5 Å². The maximum absolute atomic E-state index is 7.17. The van der Waals surface area contributed by atoms with Gasteiger partial charge in [0.25, 0.3) is 0 Å². The van der Waals surface area contributed by atoms with Gasteiger partial charge < -0.3 is 11.5 Å². The molecule has 2 nitrogen and oxygen atoms in total. The van der Waals surface area contributed by atoms with Gasteiger partial charge >= 0.3 is 0 Å². The van der Waals surface area contributed by atoms with Crippen molar-refractivity contribution < 1.29 is 0 Å². The largest absolute Gasteiger partial charge is 0.327 e. The van der Waals surface area contributed by atoms with Crippen molar-refractivity contribution in [1.29, 1.82) is 0 Å². The van der Waals surface area contributed by atoms with Crippen LogP contribution in [-0.2, 0) is 11.0 Å². The first-order valence-electron chi connectivity index (χ1n) is 8.71. The van der Waals surface area contributed by atoms with Gasteiger partial charge in [-0.05, 0) is 29.9 Å². The second-order valence-corrected chi connectivity index (χ2v) is 7.04. The molecular weight excluding hydrogens is 292 g/mol. The third kappa shape index (κ3) is 2.03. The molecule has 4 unspecified atom stereocenters. The molecule has 24 heavy (non-hydrogen) atoms. The average Bonchev–Trinajstić information content (AvgIpc) is 2.64. The smallest absolute Gasteiger partial charge is 0.0735 e. The highest BCUT2D eigenvalue weighted by Crippen LogP contribution is 2.55. The van der Waals surface area contributed by atoms with Crippen LogP contribution in [0.15, 0.2) is 85.0 Å². The first-order valence-corrected chi connectivity index (χ1v) is 8.71. The van der Waals surface area contributed by atoms with Crippen LogP contribution >= 0.6 is 0 Å². The Morgan fingerprint density at radius 2 is 1.33 bits per heavy atom. The van der Waals surface area contributed by atoms with Gasteiger partial charge in [-0.25, -0.2) is 0 Å². The summed E-state index contributed by atoms with van der Waals surface area (Å²) >= 11 is 0. The maximum Gasteiger partial charge on any atom is 0.0735 e. The Morgan fingerprint density at radius 1 is 0.750 bits per heavy atom. The minimum atomic E-state index is -0.604. The Balaban J connectivity index is 1.97. The van der Waals surface area contributed by atoms with Crippen molar-refractivity contribution in [2.45, 2.75) is 29.8 Å². The SMILES string of the molecule is NC1CCC1C1(c2ccccc2)C=CC=CC1(N)c1ccccc1. The van der Waals surface area contributed by atoms with Gasteiger partial charge in [-0.15, -0.1) is 0 Å². The van der Waals surface area contributed by atoms with Crippen molar-refractivity contribution in [1.82, 2.24) is 0 Å². The number of nitrogens with two attached hydrogens (primary N) is 2. The molecule has 1 saturated carbocycles. The zero-order chi connectivity index (χ0) is 16.6. The molecule has 0 bridgehead atoms. The molecule has 122 valence electrons. The minimum absolute atomic E-state index is 0.188. The Morgan fingerprint density at radius 3 is 1.88 bits per heavy atom. The zero-order valence-electron chi connectivity index (χ0n) is 13.8. The van der Waals surface area contributed by atoms with E-state index in [4.69, 9.17) is 11.5 Å². The predicted octanol–water partition coefficient (Wildman–Crippen LogP) is 3.64. The predicted molar refractivity (Wildman–Crippen MR) is 99.4 cm³/mol. The number of hydrogen-bond acceptors (Lipinski definition) is 2. The molecule has 2 heteroatoms. The van der Waals surface area contributed by atoms with Crippen LogP contribution < -0.4 is 11.5 Å². The van der Waals surface area contributed by atoms with Crippen molar-refractivity contribution in [3.05, 3.63) is 96.1 Å². The standard InChI is InChI=1S/C22H24N2/c23-20-14-13-19(20)21(17-9-3-1-4-10-17)15-7-8-16-22(21,24)18-11-5-2-6-12-18/h1-12,15-16,19-20H,13-14,23-24H2. The zero-order valence-corrected chi connectivity index (χ0v) is 13.8. The van der Waals surface area contributed by atoms with E-state index in [1.165, 1.54) is 5.56 Å². The van der Waals surface area contributed by atoms with E-state index in [9.17, 15) is 0 Å². The minimum Gasteiger partial charge on any atom is -0.327 e. The Labute approximate surface area is 143 Å². The molecule has 2 aliphatic carbocycles. The molecule has 0 aromatic heterocycles. The summed E-state index contributed by atoms with van der Waals surface area (Å²) in [6.45, 7) is 0. The van der Waals surface area contributed by atoms with Gasteiger partial charge in [0.2, 0.25) is 0 Å². The monoisotopic (exact) mass is 316 g/mol. The Kier molecular flexibility index (Phi) is 3.67. The highest BCUT2D eigenvalue weighted by molar-refractivity contribution is 5.51. The van der Waals surface area contributed by atoms with Gasteiger partial charge in [0.1, 0.15) is 0 Å². The van der Waals surface area contributed by atoms with Crippen molar-refractivity contribution in [2.24, 2.45) is 17.4 Å². The highest BCUT2D eigenvalue weighted by atomic mass is 14.8. The molecule has 4 N–H and O–H groups in total. The molecule has 4 rings (SSSR count). The van der Waals surface area contributed by atoms with Gasteiger partial charge in [0, 0.05) is 11.5 Å². The van der Waals surface area contributed by atoms with Gasteiger partial charge in [0.15, 0.2) is 0 Å². The lowest BCUT2D eigenvalue weighted by Gasteiger charge is -2.57. The van der Waals surface area contributed by atoms with Crippen LogP contribution in [0.4, 0.5) is 0 Å². The normalized spacial score (nSPS) is 34.8. The second-order valence-electron chi connectivity index (χ2n) is 7.04. The molecule has 2 aliphatic rings. The van der Waals surface area contributed by atoms with E-state index in [2.05, 4.69) is 78.9 Å². The van der Waals surface area contributed by atoms with E-state index in [1.54, 1.807) is 0 Å². The third-order valence-electron chi connectivity index (χ3n) is 5.93. The fraction of sp³-hybridized carbons (Fsp3) is 0.273. The summed E-state index contributed by atoms with van der Waals surface area (Å²) in [5, 5.41) is 0. The Hall–Kier alpha value is -2.16. The number of benzene rings is 2. The van der Waals surface area contributed by atoms with Crippen LogP contribution in [0, 0.1) is 5.92 Å². The summed E-state index contributed by atoms with van der Waals surface area (Å²) < 4.78 is 0. The van der Waals surface area contributed by atoms with Crippen molar-refractivity contribution in [3.8, 4) is 0 Å². The first-order chi connectivity index (χ1) is 11.7. The molecule has 1 fully saturated rings. The van der Waals surface area contributed by atoms with Gasteiger partial charge in [0.05, 0.1) is 5.54 Å². The summed E-state index contributed by atoms with van der Waals surface area (Å²) in [4.78, 5) is 0. The lowest BCUT2D eigenvalue weighted by molar-refractivity contribution is 0.111. The molecule has 0 amide bonds. The number of allylic oxidation sites excluding steroid dienone is 2. The highest BCUT2D eigenvalue weighted by Gasteiger charge is 2.57. The first kappa shape index (κ1) is 15.4. The van der Waals surface area contributed by atoms with E-state index in [1.807, 2.05) is 6.07 Å². The van der Waals surface area contributed by atoms with Gasteiger partial charge in [-0.1, -0.05) is 85.0 Å². The second kappa shape index (κ2) is 5.73. The topological polar surface area (TPSA) is 52.0 Å². The van der Waals surface area contributed by atoms with Crippen LogP contribution in [0.25, 0.3) is 0 Å². The van der Waals surface area contributed by atoms with Crippen LogP contribution in [0.2, 0.25) is 0 Å². The summed E-state index contributed by atoms with van der Waals surface area (Å²) in [6, 6.07) is 21.2. The summed E-state index contributed by atoms with van der Waals surface area (Å²) in [7, 11) is 0. The summed E-state index contributed by atoms with van der Waals surface area (Å²) in [6.07, 6.45) is 10.8. The number of rotatable bonds is 3. The molecule has 0 radical (unpaired) electrons. The fourth-order valence-electron chi connectivity index (χ4n) is 4.52. The maximum atomic E-state index is 7.17. The molecule has 0 saturated heterocycles. The van der Waals surface area contributed by atoms with E-state index in [0.717, 1.165) is 18.4 Å². The van der Waals surface area contributed by atoms with Crippen molar-refractivity contribution >= 4 is 0 Å². The molecule has 0 spiro atoms. The molecule has 0 heterocycles. The van der Waals surface area contributed by atoms with Crippen LogP contribution in [0.3, 0.4) is 0 Å². The molecule has 2 aromatic rings. The third-order valence-corrected chi connectivity index (χ3v) is 5.93. The van der Waals surface area contributed by atoms with E-state index in [0.29, 0.717) is 5.92 Å². The van der Waals surface area contributed by atoms with Gasteiger partial charge in [-0.3, -0.25) is 0 Å². The van der Waals surface area contributed by atoms with Crippen LogP contribution in [0.5, 0.6) is 0 Å². The average molecular weight is 316 g/mol. The van der Waals surface area contributed by atoms with Crippen LogP contribution in [-0.4, -0.2) is 6.04 Å². The fourth-order valence-corrected chi connectivity index (χ4v) is 4.52. The summed E-state index contributed by atoms with van der Waals surface area (Å²) in [5.74, 6) is 0.339. The molecule has 4 atom stereocenters. The van der Waals surface area contributed by atoms with Gasteiger partial charge in [-0.2, -0.15) is 0 Å². The Bertz CT molecular complexity index is 765. The quantitative estimate of drug-likeness (QED) is 0.908. The van der Waals surface area contributed by atoms with Crippen molar-refractivity contribution in [3.63, 3.8) is 0 Å². The molecular formula is C22H24N2. The number of hydrogen-bond donors (Lipinski definition) is 2. The summed E-state index contributed by atoms with van der Waals surface area (Å²) in [5.41, 5.74) is 15.1. The van der Waals surface area contributed by atoms with Crippen molar-refractivity contribution in [2.75, 3.05) is 0 Å². The van der Waals surface area contributed by atoms with E-state index >= 15 is 0 Å². The van der Waals surface area contributed by atoms with E-state index < -0.39 is 5.54 Å². The lowest BCUT2D eigenvalue weighted by Crippen LogP contribution is -2.64. The molecule has 2 aromatic carbocycles. The molecule has 0 aliphatic heterocycles.